The van der Waals surface area contributed by atoms with E-state index in [0.717, 1.165) is 11.4 Å². The number of hydrogen-bond donors (Lipinski definition) is 2. The van der Waals surface area contributed by atoms with Crippen LogP contribution in [0, 0.1) is 6.92 Å². The molecule has 3 rings (SSSR count). The minimum atomic E-state index is -3.82. The maximum absolute atomic E-state index is 11.7. The van der Waals surface area contributed by atoms with Gasteiger partial charge in [0, 0.05) is 6.07 Å². The molecule has 1 heterocycles. The lowest BCUT2D eigenvalue weighted by atomic mass is 10.3. The summed E-state index contributed by atoms with van der Waals surface area (Å²) in [4.78, 5) is 0.0402. The molecule has 0 saturated heterocycles. The van der Waals surface area contributed by atoms with Gasteiger partial charge in [0.25, 0.3) is 0 Å². The first-order valence-electron chi connectivity index (χ1n) is 6.96. The molecule has 0 aliphatic heterocycles. The van der Waals surface area contributed by atoms with Crippen LogP contribution in [-0.2, 0) is 10.0 Å². The van der Waals surface area contributed by atoms with Crippen LogP contribution in [0.2, 0.25) is 0 Å². The number of aromatic nitrogens is 2. The third kappa shape index (κ3) is 3.25. The van der Waals surface area contributed by atoms with Gasteiger partial charge in [-0.2, -0.15) is 5.10 Å². The van der Waals surface area contributed by atoms with Crippen LogP contribution in [0.3, 0.4) is 0 Å². The van der Waals surface area contributed by atoms with Crippen molar-refractivity contribution in [1.29, 1.82) is 0 Å². The topological polar surface area (TPSA) is 90.0 Å². The molecular formula is C16H16N4O2S. The molecule has 3 aromatic rings. The maximum atomic E-state index is 11.7. The van der Waals surface area contributed by atoms with Gasteiger partial charge >= 0.3 is 0 Å². The molecule has 1 aromatic heterocycles. The summed E-state index contributed by atoms with van der Waals surface area (Å²) < 4.78 is 25.2. The van der Waals surface area contributed by atoms with Gasteiger partial charge in [0.15, 0.2) is 0 Å². The molecule has 2 aromatic carbocycles. The Morgan fingerprint density at radius 1 is 1.04 bits per heavy atom. The van der Waals surface area contributed by atoms with E-state index in [1.165, 1.54) is 6.07 Å². The van der Waals surface area contributed by atoms with Crippen LogP contribution in [0.5, 0.6) is 0 Å². The molecular weight excluding hydrogens is 312 g/mol. The highest BCUT2D eigenvalue weighted by atomic mass is 32.2. The molecule has 0 aliphatic rings. The van der Waals surface area contributed by atoms with Crippen molar-refractivity contribution in [2.24, 2.45) is 5.14 Å². The molecule has 6 nitrogen and oxygen atoms in total. The summed E-state index contributed by atoms with van der Waals surface area (Å²) >= 11 is 0. The summed E-state index contributed by atoms with van der Waals surface area (Å²) in [6.07, 6.45) is 0. The van der Waals surface area contributed by atoms with E-state index in [2.05, 4.69) is 10.4 Å². The molecule has 3 N–H and O–H groups in total. The monoisotopic (exact) mass is 328 g/mol. The number of anilines is 2. The number of sulfonamides is 1. The van der Waals surface area contributed by atoms with Gasteiger partial charge in [0.05, 0.1) is 17.1 Å². The second-order valence-corrected chi connectivity index (χ2v) is 6.61. The van der Waals surface area contributed by atoms with E-state index in [0.29, 0.717) is 11.5 Å². The lowest BCUT2D eigenvalue weighted by Crippen LogP contribution is -2.14. The number of nitrogens with zero attached hydrogens (tertiary/aromatic N) is 2. The Hall–Kier alpha value is -2.64. The number of rotatable bonds is 4. The average molecular weight is 328 g/mol. The van der Waals surface area contributed by atoms with Crippen LogP contribution < -0.4 is 10.5 Å². The number of hydrogen-bond acceptors (Lipinski definition) is 4. The lowest BCUT2D eigenvalue weighted by molar-refractivity contribution is 0.598. The van der Waals surface area contributed by atoms with Gasteiger partial charge in [-0.1, -0.05) is 30.3 Å². The van der Waals surface area contributed by atoms with E-state index in [-0.39, 0.29) is 4.90 Å². The van der Waals surface area contributed by atoms with E-state index in [1.54, 1.807) is 22.9 Å². The fraction of sp³-hybridized carbons (Fsp3) is 0.0625. The summed E-state index contributed by atoms with van der Waals surface area (Å²) in [7, 11) is -3.82. The Bertz CT molecular complexity index is 934. The molecule has 7 heteroatoms. The van der Waals surface area contributed by atoms with E-state index in [9.17, 15) is 8.42 Å². The zero-order valence-electron chi connectivity index (χ0n) is 12.5. The molecule has 0 bridgehead atoms. The second-order valence-electron chi connectivity index (χ2n) is 5.08. The summed E-state index contributed by atoms with van der Waals surface area (Å²) in [6.45, 7) is 1.87. The van der Waals surface area contributed by atoms with Gasteiger partial charge < -0.3 is 5.32 Å². The minimum Gasteiger partial charge on any atom is -0.339 e. The summed E-state index contributed by atoms with van der Waals surface area (Å²) in [5, 5.41) is 12.8. The van der Waals surface area contributed by atoms with E-state index in [4.69, 9.17) is 5.14 Å². The average Bonchev–Trinajstić information content (AvgIpc) is 2.88. The summed E-state index contributed by atoms with van der Waals surface area (Å²) in [6, 6.07) is 17.9. The number of benzene rings is 2. The highest BCUT2D eigenvalue weighted by Crippen LogP contribution is 2.26. The molecule has 23 heavy (non-hydrogen) atoms. The predicted octanol–water partition coefficient (Wildman–Crippen LogP) is 2.57. The second kappa shape index (κ2) is 5.86. The van der Waals surface area contributed by atoms with Crippen LogP contribution >= 0.6 is 0 Å². The fourth-order valence-electron chi connectivity index (χ4n) is 2.31. The van der Waals surface area contributed by atoms with E-state index < -0.39 is 10.0 Å². The van der Waals surface area contributed by atoms with Crippen LogP contribution in [0.4, 0.5) is 11.5 Å². The third-order valence-electron chi connectivity index (χ3n) is 3.29. The standard InChI is InChI=1S/C16H16N4O2S/c1-12-11-16(20(19-12)13-7-3-2-4-8-13)18-14-9-5-6-10-15(14)23(17,21)22/h2-11,18H,1H3,(H2,17,21,22). The highest BCUT2D eigenvalue weighted by molar-refractivity contribution is 7.89. The zero-order valence-corrected chi connectivity index (χ0v) is 13.3. The normalized spacial score (nSPS) is 11.4. The van der Waals surface area contributed by atoms with Crippen LogP contribution in [0.15, 0.2) is 65.6 Å². The van der Waals surface area contributed by atoms with Crippen molar-refractivity contribution < 1.29 is 8.42 Å². The number of para-hydroxylation sites is 2. The SMILES string of the molecule is Cc1cc(Nc2ccccc2S(N)(=O)=O)n(-c2ccccc2)n1. The van der Waals surface area contributed by atoms with Gasteiger partial charge in [-0.05, 0) is 31.2 Å². The molecule has 0 amide bonds. The first-order chi connectivity index (χ1) is 10.9. The molecule has 0 saturated carbocycles. The number of nitrogens with two attached hydrogens (primary N) is 1. The molecule has 0 spiro atoms. The molecule has 0 fully saturated rings. The number of nitrogens with one attached hydrogen (secondary N) is 1. The Morgan fingerprint density at radius 3 is 2.39 bits per heavy atom. The quantitative estimate of drug-likeness (QED) is 0.770. The van der Waals surface area contributed by atoms with Crippen molar-refractivity contribution >= 4 is 21.5 Å². The minimum absolute atomic E-state index is 0.0402. The smallest absolute Gasteiger partial charge is 0.240 e. The van der Waals surface area contributed by atoms with Crippen molar-refractivity contribution in [2.45, 2.75) is 11.8 Å². The van der Waals surface area contributed by atoms with Crippen molar-refractivity contribution in [3.8, 4) is 5.69 Å². The van der Waals surface area contributed by atoms with E-state index in [1.807, 2.05) is 43.3 Å². The Morgan fingerprint density at radius 2 is 1.70 bits per heavy atom. The van der Waals surface area contributed by atoms with Gasteiger partial charge in [0.1, 0.15) is 10.7 Å². The van der Waals surface area contributed by atoms with Gasteiger partial charge in [-0.25, -0.2) is 18.2 Å². The van der Waals surface area contributed by atoms with Crippen LogP contribution in [0.25, 0.3) is 5.69 Å². The van der Waals surface area contributed by atoms with Gasteiger partial charge in [0.2, 0.25) is 10.0 Å². The summed E-state index contributed by atoms with van der Waals surface area (Å²) in [5.74, 6) is 0.657. The highest BCUT2D eigenvalue weighted by Gasteiger charge is 2.15. The van der Waals surface area contributed by atoms with Crippen LogP contribution in [0.1, 0.15) is 5.69 Å². The first-order valence-corrected chi connectivity index (χ1v) is 8.51. The van der Waals surface area contributed by atoms with E-state index >= 15 is 0 Å². The number of aryl methyl sites for hydroxylation is 1. The predicted molar refractivity (Wildman–Crippen MR) is 89.4 cm³/mol. The lowest BCUT2D eigenvalue weighted by Gasteiger charge is -2.12. The maximum Gasteiger partial charge on any atom is 0.240 e. The largest absolute Gasteiger partial charge is 0.339 e. The molecule has 0 atom stereocenters. The van der Waals surface area contributed by atoms with Gasteiger partial charge in [-0.3, -0.25) is 0 Å². The molecule has 0 radical (unpaired) electrons. The Labute approximate surface area is 134 Å². The number of primary sulfonamides is 1. The van der Waals surface area contributed by atoms with Crippen molar-refractivity contribution in [3.63, 3.8) is 0 Å². The fourth-order valence-corrected chi connectivity index (χ4v) is 3.00. The first kappa shape index (κ1) is 15.3. The van der Waals surface area contributed by atoms with Gasteiger partial charge in [-0.15, -0.1) is 0 Å². The zero-order chi connectivity index (χ0) is 16.4. The van der Waals surface area contributed by atoms with Crippen molar-refractivity contribution in [3.05, 3.63) is 66.4 Å². The summed E-state index contributed by atoms with van der Waals surface area (Å²) in [5.41, 5.74) is 2.09. The Balaban J connectivity index is 2.06. The third-order valence-corrected chi connectivity index (χ3v) is 4.26. The molecule has 0 aliphatic carbocycles. The Kier molecular flexibility index (Phi) is 3.89. The van der Waals surface area contributed by atoms with Crippen molar-refractivity contribution in [1.82, 2.24) is 9.78 Å². The van der Waals surface area contributed by atoms with Crippen molar-refractivity contribution in [2.75, 3.05) is 5.32 Å². The van der Waals surface area contributed by atoms with Crippen LogP contribution in [-0.4, -0.2) is 18.2 Å². The molecule has 0 unspecified atom stereocenters. The molecule has 118 valence electrons.